The van der Waals surface area contributed by atoms with E-state index >= 15 is 0 Å². The molecule has 0 unspecified atom stereocenters. The van der Waals surface area contributed by atoms with Crippen molar-refractivity contribution in [2.24, 2.45) is 0 Å². The molecule has 0 bridgehead atoms. The van der Waals surface area contributed by atoms with E-state index in [-0.39, 0.29) is 23.9 Å². The molecule has 0 spiro atoms. The Morgan fingerprint density at radius 1 is 1.06 bits per heavy atom. The molecule has 0 atom stereocenters. The second-order valence-corrected chi connectivity index (χ2v) is 6.69. The summed E-state index contributed by atoms with van der Waals surface area (Å²) in [6.45, 7) is 4.10. The average molecular weight is 447 g/mol. The Kier molecular flexibility index (Phi) is 9.11. The van der Waals surface area contributed by atoms with Gasteiger partial charge in [-0.05, 0) is 40.5 Å². The Morgan fingerprint density at radius 2 is 1.81 bits per heavy atom. The number of ether oxygens (including phenoxy) is 2. The maximum Gasteiger partial charge on any atom is 0.277 e. The maximum absolute atomic E-state index is 11.8. The fourth-order valence-corrected chi connectivity index (χ4v) is 2.72. The van der Waals surface area contributed by atoms with Gasteiger partial charge in [0.1, 0.15) is 6.61 Å². The number of nitrogens with two attached hydrogens (primary N) is 1. The number of hydrogen-bond donors (Lipinski definition) is 3. The molecular formula is C21H25ClN5O4-. The number of benzene rings is 2. The number of aryl methyl sites for hydroxylation is 1. The highest BCUT2D eigenvalue weighted by Gasteiger charge is 2.14. The van der Waals surface area contributed by atoms with Gasteiger partial charge in [-0.1, -0.05) is 35.9 Å². The van der Waals surface area contributed by atoms with Crippen LogP contribution in [0.25, 0.3) is 0 Å². The Hall–Kier alpha value is -3.30. The molecule has 2 aromatic carbocycles. The quantitative estimate of drug-likeness (QED) is 0.341. The summed E-state index contributed by atoms with van der Waals surface area (Å²) in [7, 11) is 1.62. The molecule has 0 saturated carbocycles. The third-order valence-electron chi connectivity index (χ3n) is 4.39. The molecule has 31 heavy (non-hydrogen) atoms. The van der Waals surface area contributed by atoms with E-state index in [1.165, 1.54) is 5.56 Å². The number of carbonyl (C=O) groups is 1. The molecule has 1 aromatic heterocycles. The minimum Gasteiger partial charge on any atom is -1.00 e. The van der Waals surface area contributed by atoms with E-state index in [4.69, 9.17) is 15.2 Å². The summed E-state index contributed by atoms with van der Waals surface area (Å²) >= 11 is 0. The number of rotatable bonds is 10. The van der Waals surface area contributed by atoms with Crippen LogP contribution in [0.3, 0.4) is 0 Å². The molecule has 10 heteroatoms. The van der Waals surface area contributed by atoms with Crippen molar-refractivity contribution in [1.82, 2.24) is 20.9 Å². The van der Waals surface area contributed by atoms with E-state index in [9.17, 15) is 4.79 Å². The van der Waals surface area contributed by atoms with E-state index < -0.39 is 5.91 Å². The number of nitrogens with one attached hydrogen (secondary N) is 2. The number of carbonyl (C=O) groups excluding carboxylic acids is 1. The molecule has 4 N–H and O–H groups in total. The number of nitrogen functional groups attached to an aromatic ring is 1. The number of halogens is 1. The predicted octanol–water partition coefficient (Wildman–Crippen LogP) is -0.929. The minimum absolute atomic E-state index is 0. The third kappa shape index (κ3) is 6.87. The van der Waals surface area contributed by atoms with Crippen molar-refractivity contribution in [2.45, 2.75) is 20.1 Å². The summed E-state index contributed by atoms with van der Waals surface area (Å²) in [6, 6.07) is 14.0. The van der Waals surface area contributed by atoms with Crippen LogP contribution in [0.5, 0.6) is 11.5 Å². The number of anilines is 1. The van der Waals surface area contributed by atoms with Crippen LogP contribution in [0, 0.1) is 6.92 Å². The topological polar surface area (TPSA) is 125 Å². The molecule has 1 heterocycles. The highest BCUT2D eigenvalue weighted by molar-refractivity contribution is 5.95. The Bertz CT molecular complexity index is 978. The average Bonchev–Trinajstić information content (AvgIpc) is 3.19. The first kappa shape index (κ1) is 24.0. The SMILES string of the molecule is COc1cc(CNCCNC(=O)c2nonc2N)ccc1OCc1ccc(C)cc1.[Cl-]. The molecule has 9 nitrogen and oxygen atoms in total. The van der Waals surface area contributed by atoms with Crippen LogP contribution in [-0.4, -0.2) is 36.4 Å². The van der Waals surface area contributed by atoms with Gasteiger partial charge in [0.05, 0.1) is 7.11 Å². The molecule has 3 rings (SSSR count). The summed E-state index contributed by atoms with van der Waals surface area (Å²) in [5.74, 6) is 0.904. The van der Waals surface area contributed by atoms with Crippen LogP contribution < -0.4 is 38.2 Å². The van der Waals surface area contributed by atoms with Gasteiger partial charge in [-0.2, -0.15) is 0 Å². The lowest BCUT2D eigenvalue weighted by Crippen LogP contribution is -3.00. The van der Waals surface area contributed by atoms with E-state index in [0.717, 1.165) is 11.1 Å². The summed E-state index contributed by atoms with van der Waals surface area (Å²) in [6.07, 6.45) is 0. The summed E-state index contributed by atoms with van der Waals surface area (Å²) < 4.78 is 15.8. The smallest absolute Gasteiger partial charge is 0.277 e. The van der Waals surface area contributed by atoms with E-state index in [0.29, 0.717) is 37.7 Å². The van der Waals surface area contributed by atoms with Gasteiger partial charge in [0, 0.05) is 19.6 Å². The van der Waals surface area contributed by atoms with Crippen molar-refractivity contribution in [3.63, 3.8) is 0 Å². The monoisotopic (exact) mass is 446 g/mol. The lowest BCUT2D eigenvalue weighted by molar-refractivity contribution is -0.0000157. The van der Waals surface area contributed by atoms with Gasteiger partial charge in [-0.3, -0.25) is 4.79 Å². The molecule has 3 aromatic rings. The van der Waals surface area contributed by atoms with Crippen LogP contribution in [0.1, 0.15) is 27.2 Å². The zero-order chi connectivity index (χ0) is 21.3. The first-order chi connectivity index (χ1) is 14.6. The molecule has 1 amide bonds. The molecule has 0 saturated heterocycles. The second kappa shape index (κ2) is 11.8. The van der Waals surface area contributed by atoms with Gasteiger partial charge in [0.15, 0.2) is 11.5 Å². The highest BCUT2D eigenvalue weighted by Crippen LogP contribution is 2.28. The predicted molar refractivity (Wildman–Crippen MR) is 111 cm³/mol. The molecule has 0 aliphatic rings. The van der Waals surface area contributed by atoms with Crippen LogP contribution in [-0.2, 0) is 13.2 Å². The zero-order valence-electron chi connectivity index (χ0n) is 17.4. The molecule has 0 aliphatic heterocycles. The third-order valence-corrected chi connectivity index (χ3v) is 4.39. The fraction of sp³-hybridized carbons (Fsp3) is 0.286. The largest absolute Gasteiger partial charge is 1.00 e. The van der Waals surface area contributed by atoms with Crippen molar-refractivity contribution >= 4 is 11.7 Å². The molecule has 0 fully saturated rings. The van der Waals surface area contributed by atoms with Crippen molar-refractivity contribution in [3.8, 4) is 11.5 Å². The first-order valence-corrected chi connectivity index (χ1v) is 9.49. The van der Waals surface area contributed by atoms with Crippen LogP contribution in [0.15, 0.2) is 47.1 Å². The van der Waals surface area contributed by atoms with Crippen molar-refractivity contribution in [2.75, 3.05) is 25.9 Å². The van der Waals surface area contributed by atoms with Crippen molar-refractivity contribution in [3.05, 3.63) is 64.8 Å². The summed E-state index contributed by atoms with van der Waals surface area (Å²) in [5, 5.41) is 12.8. The van der Waals surface area contributed by atoms with Gasteiger partial charge in [0.25, 0.3) is 5.91 Å². The Balaban J connectivity index is 0.00000341. The van der Waals surface area contributed by atoms with E-state index in [1.54, 1.807) is 7.11 Å². The van der Waals surface area contributed by atoms with Gasteiger partial charge in [0.2, 0.25) is 11.5 Å². The number of amides is 1. The van der Waals surface area contributed by atoms with Crippen molar-refractivity contribution < 1.29 is 31.3 Å². The highest BCUT2D eigenvalue weighted by atomic mass is 35.5. The number of methoxy groups -OCH3 is 1. The van der Waals surface area contributed by atoms with E-state index in [2.05, 4.69) is 44.6 Å². The van der Waals surface area contributed by atoms with Crippen LogP contribution >= 0.6 is 0 Å². The fourth-order valence-electron chi connectivity index (χ4n) is 2.72. The summed E-state index contributed by atoms with van der Waals surface area (Å²) in [5.41, 5.74) is 8.81. The normalized spacial score (nSPS) is 10.3. The molecular weight excluding hydrogens is 422 g/mol. The van der Waals surface area contributed by atoms with Gasteiger partial charge in [-0.25, -0.2) is 4.63 Å². The summed E-state index contributed by atoms with van der Waals surface area (Å²) in [4.78, 5) is 11.8. The van der Waals surface area contributed by atoms with E-state index in [1.807, 2.05) is 30.3 Å². The molecule has 0 radical (unpaired) electrons. The lowest BCUT2D eigenvalue weighted by Gasteiger charge is -2.13. The standard InChI is InChI=1S/C21H25N5O4.ClH/c1-14-3-5-15(6-4-14)13-29-17-8-7-16(11-18(17)28-2)12-23-9-10-24-21(27)19-20(22)26-30-25-19;/h3-8,11,23H,9-10,12-13H2,1-2H3,(H2,22,26)(H,24,27);1H/p-1. The number of aromatic nitrogens is 2. The Labute approximate surface area is 186 Å². The zero-order valence-corrected chi connectivity index (χ0v) is 18.1. The lowest BCUT2D eigenvalue weighted by atomic mass is 10.1. The first-order valence-electron chi connectivity index (χ1n) is 9.49. The maximum atomic E-state index is 11.8. The van der Waals surface area contributed by atoms with Gasteiger partial charge < -0.3 is 38.2 Å². The van der Waals surface area contributed by atoms with Crippen LogP contribution in [0.4, 0.5) is 5.82 Å². The van der Waals surface area contributed by atoms with Crippen molar-refractivity contribution in [1.29, 1.82) is 0 Å². The Morgan fingerprint density at radius 3 is 2.48 bits per heavy atom. The second-order valence-electron chi connectivity index (χ2n) is 6.69. The van der Waals surface area contributed by atoms with Crippen LogP contribution in [0.2, 0.25) is 0 Å². The number of hydrogen-bond acceptors (Lipinski definition) is 8. The molecule has 0 aliphatic carbocycles. The van der Waals surface area contributed by atoms with Gasteiger partial charge in [-0.15, -0.1) is 0 Å². The van der Waals surface area contributed by atoms with Gasteiger partial charge >= 0.3 is 0 Å². The molecule has 166 valence electrons. The minimum atomic E-state index is -0.424. The number of nitrogens with zero attached hydrogens (tertiary/aromatic N) is 2.